The van der Waals surface area contributed by atoms with Gasteiger partial charge in [-0.05, 0) is 42.8 Å². The SMILES string of the molecule is Cc1sccc1C(=O)N[C@@H]1CC(=O)N(C2CC2)[C@H]1c1cccnc1. The Morgan fingerprint density at radius 1 is 1.38 bits per heavy atom. The Balaban J connectivity index is 1.62. The third-order valence-corrected chi connectivity index (χ3v) is 5.60. The number of nitrogens with one attached hydrogen (secondary N) is 1. The number of aryl methyl sites for hydroxylation is 1. The summed E-state index contributed by atoms with van der Waals surface area (Å²) in [6.07, 6.45) is 5.97. The Labute approximate surface area is 144 Å². The smallest absolute Gasteiger partial charge is 0.252 e. The lowest BCUT2D eigenvalue weighted by Gasteiger charge is -2.28. The second-order valence-corrected chi connectivity index (χ2v) is 7.56. The lowest BCUT2D eigenvalue weighted by molar-refractivity contribution is -0.129. The molecule has 2 aromatic rings. The molecule has 1 aliphatic carbocycles. The standard InChI is InChI=1S/C18H19N3O2S/c1-11-14(6-8-24-11)18(23)20-15-9-16(22)21(13-4-5-13)17(15)12-3-2-7-19-10-12/h2-3,6-8,10,13,15,17H,4-5,9H2,1H3,(H,20,23)/t15-,17+/m1/s1. The van der Waals surface area contributed by atoms with Crippen molar-refractivity contribution in [1.82, 2.24) is 15.2 Å². The maximum Gasteiger partial charge on any atom is 0.252 e. The van der Waals surface area contributed by atoms with Crippen molar-refractivity contribution in [2.75, 3.05) is 0 Å². The molecule has 2 aliphatic rings. The predicted octanol–water partition coefficient (Wildman–Crippen LogP) is 2.69. The monoisotopic (exact) mass is 341 g/mol. The van der Waals surface area contributed by atoms with Gasteiger partial charge in [0.25, 0.3) is 5.91 Å². The number of carbonyl (C=O) groups is 2. The first-order valence-electron chi connectivity index (χ1n) is 8.21. The van der Waals surface area contributed by atoms with Gasteiger partial charge in [0.2, 0.25) is 5.91 Å². The molecule has 2 atom stereocenters. The van der Waals surface area contributed by atoms with E-state index in [1.54, 1.807) is 23.7 Å². The van der Waals surface area contributed by atoms with Crippen molar-refractivity contribution in [1.29, 1.82) is 0 Å². The zero-order valence-corrected chi connectivity index (χ0v) is 14.3. The minimum atomic E-state index is -0.214. The summed E-state index contributed by atoms with van der Waals surface area (Å²) in [6, 6.07) is 5.68. The highest BCUT2D eigenvalue weighted by Crippen LogP contribution is 2.41. The molecule has 0 radical (unpaired) electrons. The van der Waals surface area contributed by atoms with Crippen LogP contribution in [0.25, 0.3) is 0 Å². The average molecular weight is 341 g/mol. The first-order valence-corrected chi connectivity index (χ1v) is 9.09. The van der Waals surface area contributed by atoms with Crippen LogP contribution in [0.2, 0.25) is 0 Å². The highest BCUT2D eigenvalue weighted by molar-refractivity contribution is 7.10. The maximum atomic E-state index is 12.6. The summed E-state index contributed by atoms with van der Waals surface area (Å²) in [5, 5.41) is 5.01. The van der Waals surface area contributed by atoms with Gasteiger partial charge >= 0.3 is 0 Å². The van der Waals surface area contributed by atoms with E-state index in [0.717, 1.165) is 23.3 Å². The Bertz CT molecular complexity index is 770. The van der Waals surface area contributed by atoms with Crippen molar-refractivity contribution < 1.29 is 9.59 Å². The van der Waals surface area contributed by atoms with Crippen LogP contribution in [-0.4, -0.2) is 33.8 Å². The van der Waals surface area contributed by atoms with Gasteiger partial charge in [0, 0.05) is 29.7 Å². The van der Waals surface area contributed by atoms with Gasteiger partial charge in [-0.25, -0.2) is 0 Å². The normalized spacial score (nSPS) is 23.5. The van der Waals surface area contributed by atoms with Gasteiger partial charge in [0.15, 0.2) is 0 Å². The van der Waals surface area contributed by atoms with E-state index in [-0.39, 0.29) is 23.9 Å². The molecule has 2 fully saturated rings. The molecule has 124 valence electrons. The largest absolute Gasteiger partial charge is 0.346 e. The molecule has 2 amide bonds. The van der Waals surface area contributed by atoms with E-state index < -0.39 is 0 Å². The van der Waals surface area contributed by atoms with E-state index in [9.17, 15) is 9.59 Å². The highest BCUT2D eigenvalue weighted by Gasteiger charge is 2.47. The van der Waals surface area contributed by atoms with Crippen molar-refractivity contribution in [2.24, 2.45) is 0 Å². The average Bonchev–Trinajstić information content (AvgIpc) is 3.24. The number of hydrogen-bond donors (Lipinski definition) is 1. The summed E-state index contributed by atoms with van der Waals surface area (Å²) in [4.78, 5) is 32.3. The van der Waals surface area contributed by atoms with Crippen LogP contribution in [0, 0.1) is 6.92 Å². The van der Waals surface area contributed by atoms with Crippen LogP contribution in [0.3, 0.4) is 0 Å². The molecule has 0 unspecified atom stereocenters. The fourth-order valence-electron chi connectivity index (χ4n) is 3.48. The molecule has 4 rings (SSSR count). The van der Waals surface area contributed by atoms with Crippen molar-refractivity contribution >= 4 is 23.2 Å². The number of likely N-dealkylation sites (tertiary alicyclic amines) is 1. The Morgan fingerprint density at radius 3 is 2.83 bits per heavy atom. The van der Waals surface area contributed by atoms with Crippen molar-refractivity contribution in [3.8, 4) is 0 Å². The molecule has 3 heterocycles. The lowest BCUT2D eigenvalue weighted by atomic mass is 10.0. The summed E-state index contributed by atoms with van der Waals surface area (Å²) in [5.74, 6) is 0.0248. The van der Waals surface area contributed by atoms with Gasteiger partial charge in [-0.15, -0.1) is 11.3 Å². The topological polar surface area (TPSA) is 62.3 Å². The molecule has 5 nitrogen and oxygen atoms in total. The van der Waals surface area contributed by atoms with Crippen molar-refractivity contribution in [3.63, 3.8) is 0 Å². The van der Waals surface area contributed by atoms with E-state index in [4.69, 9.17) is 0 Å². The number of thiophene rings is 1. The van der Waals surface area contributed by atoms with Crippen LogP contribution >= 0.6 is 11.3 Å². The molecule has 1 saturated carbocycles. The van der Waals surface area contributed by atoms with E-state index in [1.165, 1.54) is 0 Å². The maximum absolute atomic E-state index is 12.6. The van der Waals surface area contributed by atoms with Gasteiger partial charge in [-0.3, -0.25) is 14.6 Å². The Kier molecular flexibility index (Phi) is 3.84. The summed E-state index contributed by atoms with van der Waals surface area (Å²) in [7, 11) is 0. The number of amides is 2. The summed E-state index contributed by atoms with van der Waals surface area (Å²) >= 11 is 1.56. The Morgan fingerprint density at radius 2 is 2.21 bits per heavy atom. The molecule has 1 N–H and O–H groups in total. The van der Waals surface area contributed by atoms with E-state index in [0.29, 0.717) is 18.0 Å². The predicted molar refractivity (Wildman–Crippen MR) is 91.8 cm³/mol. The van der Waals surface area contributed by atoms with Crippen LogP contribution < -0.4 is 5.32 Å². The fourth-order valence-corrected chi connectivity index (χ4v) is 4.17. The van der Waals surface area contributed by atoms with Crippen molar-refractivity contribution in [3.05, 3.63) is 52.0 Å². The summed E-state index contributed by atoms with van der Waals surface area (Å²) in [6.45, 7) is 1.94. The minimum absolute atomic E-state index is 0.0990. The van der Waals surface area contributed by atoms with Crippen LogP contribution in [0.5, 0.6) is 0 Å². The van der Waals surface area contributed by atoms with Gasteiger partial charge in [0.1, 0.15) is 0 Å². The van der Waals surface area contributed by atoms with E-state index >= 15 is 0 Å². The van der Waals surface area contributed by atoms with Gasteiger partial charge in [0.05, 0.1) is 17.6 Å². The molecule has 0 aromatic carbocycles. The number of nitrogens with zero attached hydrogens (tertiary/aromatic N) is 2. The zero-order valence-electron chi connectivity index (χ0n) is 13.4. The highest BCUT2D eigenvalue weighted by atomic mass is 32.1. The minimum Gasteiger partial charge on any atom is -0.346 e. The third kappa shape index (κ3) is 2.71. The summed E-state index contributed by atoms with van der Waals surface area (Å²) in [5.41, 5.74) is 1.69. The summed E-state index contributed by atoms with van der Waals surface area (Å²) < 4.78 is 0. The molecule has 0 spiro atoms. The number of rotatable bonds is 4. The quantitative estimate of drug-likeness (QED) is 0.930. The first-order chi connectivity index (χ1) is 11.6. The second kappa shape index (κ2) is 6.02. The molecule has 6 heteroatoms. The van der Waals surface area contributed by atoms with Crippen LogP contribution in [0.4, 0.5) is 0 Å². The Hall–Kier alpha value is -2.21. The van der Waals surface area contributed by atoms with Crippen LogP contribution in [0.1, 0.15) is 46.1 Å². The first kappa shape index (κ1) is 15.3. The number of hydrogen-bond acceptors (Lipinski definition) is 4. The van der Waals surface area contributed by atoms with Gasteiger partial charge < -0.3 is 10.2 Å². The van der Waals surface area contributed by atoms with E-state index in [2.05, 4.69) is 10.3 Å². The molecular formula is C18H19N3O2S. The molecule has 2 aromatic heterocycles. The van der Waals surface area contributed by atoms with Crippen LogP contribution in [0.15, 0.2) is 36.0 Å². The second-order valence-electron chi connectivity index (χ2n) is 6.44. The van der Waals surface area contributed by atoms with E-state index in [1.807, 2.05) is 35.4 Å². The van der Waals surface area contributed by atoms with Crippen molar-refractivity contribution in [2.45, 2.75) is 44.3 Å². The third-order valence-electron chi connectivity index (χ3n) is 4.75. The molecule has 1 aliphatic heterocycles. The van der Waals surface area contributed by atoms with Gasteiger partial charge in [-0.1, -0.05) is 6.07 Å². The zero-order chi connectivity index (χ0) is 16.7. The number of aromatic nitrogens is 1. The number of pyridine rings is 1. The molecule has 0 bridgehead atoms. The molecular weight excluding hydrogens is 322 g/mol. The number of carbonyl (C=O) groups excluding carboxylic acids is 2. The van der Waals surface area contributed by atoms with Gasteiger partial charge in [-0.2, -0.15) is 0 Å². The molecule has 1 saturated heterocycles. The van der Waals surface area contributed by atoms with Crippen LogP contribution in [-0.2, 0) is 4.79 Å². The molecule has 24 heavy (non-hydrogen) atoms. The fraction of sp³-hybridized carbons (Fsp3) is 0.389. The lowest BCUT2D eigenvalue weighted by Crippen LogP contribution is -2.40.